The molecule has 0 bridgehead atoms. The summed E-state index contributed by atoms with van der Waals surface area (Å²) in [5.74, 6) is -1.01. The number of hydrogen-bond donors (Lipinski definition) is 3. The lowest BCUT2D eigenvalue weighted by Gasteiger charge is -2.11. The van der Waals surface area contributed by atoms with Crippen molar-refractivity contribution in [1.29, 1.82) is 0 Å². The van der Waals surface area contributed by atoms with Crippen molar-refractivity contribution in [1.82, 2.24) is 10.2 Å². The number of carboxylic acids is 1. The van der Waals surface area contributed by atoms with Crippen LogP contribution in [0.2, 0.25) is 0 Å². The number of anilines is 1. The molecule has 2 aromatic rings. The lowest BCUT2D eigenvalue weighted by atomic mass is 10.1. The normalized spacial score (nSPS) is 11.3. The first-order valence-corrected chi connectivity index (χ1v) is 7.64. The summed E-state index contributed by atoms with van der Waals surface area (Å²) in [6, 6.07) is 3.93. The van der Waals surface area contributed by atoms with Gasteiger partial charge < -0.3 is 5.11 Å². The van der Waals surface area contributed by atoms with Gasteiger partial charge in [-0.1, -0.05) is 0 Å². The third kappa shape index (κ3) is 2.83. The van der Waals surface area contributed by atoms with E-state index in [1.54, 1.807) is 6.92 Å². The molecule has 106 valence electrons. The van der Waals surface area contributed by atoms with Gasteiger partial charge in [0.1, 0.15) is 10.7 Å². The predicted octanol–water partition coefficient (Wildman–Crippen LogP) is 1.98. The minimum atomic E-state index is -3.92. The van der Waals surface area contributed by atoms with Gasteiger partial charge in [0.25, 0.3) is 10.0 Å². The molecular formula is C11H10BrN3O4S. The molecule has 0 saturated heterocycles. The summed E-state index contributed by atoms with van der Waals surface area (Å²) in [7, 11) is -3.92. The van der Waals surface area contributed by atoms with Gasteiger partial charge in [0.15, 0.2) is 0 Å². The molecule has 3 N–H and O–H groups in total. The molecule has 0 amide bonds. The highest BCUT2D eigenvalue weighted by molar-refractivity contribution is 9.10. The molecular weight excluding hydrogens is 350 g/mol. The van der Waals surface area contributed by atoms with Gasteiger partial charge in [0, 0.05) is 10.5 Å². The number of hydrogen-bond acceptors (Lipinski definition) is 4. The summed E-state index contributed by atoms with van der Waals surface area (Å²) >= 11 is 3.17. The summed E-state index contributed by atoms with van der Waals surface area (Å²) in [5.41, 5.74) is 0.408. The number of H-pyrrole nitrogens is 1. The van der Waals surface area contributed by atoms with E-state index < -0.39 is 16.0 Å². The predicted molar refractivity (Wildman–Crippen MR) is 75.2 cm³/mol. The summed E-state index contributed by atoms with van der Waals surface area (Å²) in [5, 5.41) is 15.1. The molecule has 1 heterocycles. The van der Waals surface area contributed by atoms with Gasteiger partial charge >= 0.3 is 5.97 Å². The average Bonchev–Trinajstić information content (AvgIpc) is 2.83. The summed E-state index contributed by atoms with van der Waals surface area (Å²) in [4.78, 5) is 10.9. The Morgan fingerprint density at radius 2 is 2.15 bits per heavy atom. The van der Waals surface area contributed by atoms with Crippen molar-refractivity contribution in [2.24, 2.45) is 0 Å². The summed E-state index contributed by atoms with van der Waals surface area (Å²) < 4.78 is 27.1. The number of nitrogens with zero attached hydrogens (tertiary/aromatic N) is 1. The Balaban J connectivity index is 2.53. The van der Waals surface area contributed by atoms with Gasteiger partial charge in [-0.15, -0.1) is 0 Å². The lowest BCUT2D eigenvalue weighted by Crippen LogP contribution is -2.15. The number of aromatic amines is 1. The quantitative estimate of drug-likeness (QED) is 0.772. The first-order valence-electron chi connectivity index (χ1n) is 5.37. The number of halogens is 1. The van der Waals surface area contributed by atoms with E-state index in [9.17, 15) is 13.2 Å². The SMILES string of the molecule is Cc1cc(C(=O)O)cc(S(=O)(=O)Nc2ccn[nH]2)c1Br. The maximum Gasteiger partial charge on any atom is 0.335 e. The van der Waals surface area contributed by atoms with Gasteiger partial charge in [-0.05, 0) is 40.5 Å². The zero-order valence-corrected chi connectivity index (χ0v) is 12.6. The maximum atomic E-state index is 12.3. The number of nitrogens with one attached hydrogen (secondary N) is 2. The molecule has 0 atom stereocenters. The molecule has 20 heavy (non-hydrogen) atoms. The second kappa shape index (κ2) is 5.25. The number of carboxylic acid groups (broad SMARTS) is 1. The summed E-state index contributed by atoms with van der Waals surface area (Å²) in [6.07, 6.45) is 1.39. The van der Waals surface area contributed by atoms with Crippen LogP contribution in [-0.2, 0) is 10.0 Å². The molecule has 0 aliphatic rings. The van der Waals surface area contributed by atoms with E-state index in [0.717, 1.165) is 6.07 Å². The van der Waals surface area contributed by atoms with Crippen molar-refractivity contribution >= 4 is 37.7 Å². The van der Waals surface area contributed by atoms with Gasteiger partial charge in [-0.2, -0.15) is 5.10 Å². The monoisotopic (exact) mass is 359 g/mol. The second-order valence-electron chi connectivity index (χ2n) is 3.99. The fraction of sp³-hybridized carbons (Fsp3) is 0.0909. The van der Waals surface area contributed by atoms with Crippen LogP contribution in [0.3, 0.4) is 0 Å². The minimum Gasteiger partial charge on any atom is -0.478 e. The highest BCUT2D eigenvalue weighted by atomic mass is 79.9. The van der Waals surface area contributed by atoms with Crippen LogP contribution in [0.4, 0.5) is 5.82 Å². The van der Waals surface area contributed by atoms with Crippen molar-refractivity contribution in [3.8, 4) is 0 Å². The highest BCUT2D eigenvalue weighted by Crippen LogP contribution is 2.28. The largest absolute Gasteiger partial charge is 0.478 e. The Morgan fingerprint density at radius 1 is 1.45 bits per heavy atom. The standard InChI is InChI=1S/C11H10BrN3O4S/c1-6-4-7(11(16)17)5-8(10(6)12)20(18,19)15-9-2-3-13-14-9/h2-5H,1H3,(H,16,17)(H2,13,14,15). The number of aryl methyl sites for hydroxylation is 1. The van der Waals surface area contributed by atoms with Crippen LogP contribution in [0, 0.1) is 6.92 Å². The van der Waals surface area contributed by atoms with Crippen LogP contribution in [-0.4, -0.2) is 29.7 Å². The minimum absolute atomic E-state index is 0.101. The van der Waals surface area contributed by atoms with Gasteiger partial charge in [-0.25, -0.2) is 13.2 Å². The lowest BCUT2D eigenvalue weighted by molar-refractivity contribution is 0.0696. The molecule has 7 nitrogen and oxygen atoms in total. The van der Waals surface area contributed by atoms with E-state index in [1.807, 2.05) is 0 Å². The van der Waals surface area contributed by atoms with E-state index in [2.05, 4.69) is 30.8 Å². The van der Waals surface area contributed by atoms with Crippen LogP contribution >= 0.6 is 15.9 Å². The topological polar surface area (TPSA) is 112 Å². The number of aromatic carboxylic acids is 1. The van der Waals surface area contributed by atoms with E-state index in [0.29, 0.717) is 10.0 Å². The molecule has 0 aliphatic heterocycles. The smallest absolute Gasteiger partial charge is 0.335 e. The number of sulfonamides is 1. The first kappa shape index (κ1) is 14.5. The molecule has 0 saturated carbocycles. The Labute approximate surface area is 123 Å². The number of benzene rings is 1. The summed E-state index contributed by atoms with van der Waals surface area (Å²) in [6.45, 7) is 1.62. The van der Waals surface area contributed by atoms with Crippen LogP contribution in [0.5, 0.6) is 0 Å². The average molecular weight is 360 g/mol. The number of rotatable bonds is 4. The fourth-order valence-electron chi connectivity index (χ4n) is 1.57. The van der Waals surface area contributed by atoms with Crippen molar-refractivity contribution in [3.63, 3.8) is 0 Å². The Kier molecular flexibility index (Phi) is 3.82. The van der Waals surface area contributed by atoms with Gasteiger partial charge in [0.2, 0.25) is 0 Å². The Hall–Kier alpha value is -1.87. The van der Waals surface area contributed by atoms with Gasteiger partial charge in [0.05, 0.1) is 11.8 Å². The molecule has 1 aromatic carbocycles. The highest BCUT2D eigenvalue weighted by Gasteiger charge is 2.22. The molecule has 1 aromatic heterocycles. The molecule has 0 fully saturated rings. The van der Waals surface area contributed by atoms with Crippen molar-refractivity contribution in [3.05, 3.63) is 40.0 Å². The molecule has 0 radical (unpaired) electrons. The maximum absolute atomic E-state index is 12.3. The zero-order valence-electron chi connectivity index (χ0n) is 10.2. The van der Waals surface area contributed by atoms with Crippen molar-refractivity contribution < 1.29 is 18.3 Å². The number of aromatic nitrogens is 2. The zero-order chi connectivity index (χ0) is 14.9. The van der Waals surface area contributed by atoms with Gasteiger partial charge in [-0.3, -0.25) is 9.82 Å². The van der Waals surface area contributed by atoms with Crippen LogP contribution in [0.15, 0.2) is 33.8 Å². The van der Waals surface area contributed by atoms with E-state index in [-0.39, 0.29) is 16.3 Å². The first-order chi connectivity index (χ1) is 9.31. The Bertz CT molecular complexity index is 756. The van der Waals surface area contributed by atoms with E-state index in [4.69, 9.17) is 5.11 Å². The Morgan fingerprint density at radius 3 is 2.70 bits per heavy atom. The van der Waals surface area contributed by atoms with E-state index in [1.165, 1.54) is 18.3 Å². The molecule has 0 aliphatic carbocycles. The third-order valence-electron chi connectivity index (χ3n) is 2.50. The van der Waals surface area contributed by atoms with Crippen LogP contribution < -0.4 is 4.72 Å². The van der Waals surface area contributed by atoms with Crippen molar-refractivity contribution in [2.45, 2.75) is 11.8 Å². The second-order valence-corrected chi connectivity index (χ2v) is 6.43. The number of carbonyl (C=O) groups is 1. The van der Waals surface area contributed by atoms with Crippen LogP contribution in [0.25, 0.3) is 0 Å². The third-order valence-corrected chi connectivity index (χ3v) is 5.21. The molecule has 9 heteroatoms. The molecule has 2 rings (SSSR count). The molecule has 0 spiro atoms. The van der Waals surface area contributed by atoms with E-state index >= 15 is 0 Å². The van der Waals surface area contributed by atoms with Crippen molar-refractivity contribution in [2.75, 3.05) is 4.72 Å². The molecule has 0 unspecified atom stereocenters. The fourth-order valence-corrected chi connectivity index (χ4v) is 3.63. The van der Waals surface area contributed by atoms with Crippen LogP contribution in [0.1, 0.15) is 15.9 Å².